The Labute approximate surface area is 119 Å². The number of esters is 1. The van der Waals surface area contributed by atoms with Crippen LogP contribution in [0.15, 0.2) is 48.5 Å². The molecule has 20 heavy (non-hydrogen) atoms. The van der Waals surface area contributed by atoms with E-state index >= 15 is 0 Å². The summed E-state index contributed by atoms with van der Waals surface area (Å²) >= 11 is 0. The average Bonchev–Trinajstić information content (AvgIpc) is 2.49. The highest BCUT2D eigenvalue weighted by molar-refractivity contribution is 5.89. The van der Waals surface area contributed by atoms with Crippen molar-refractivity contribution >= 4 is 5.97 Å². The van der Waals surface area contributed by atoms with Gasteiger partial charge >= 0.3 is 5.97 Å². The second-order valence-electron chi connectivity index (χ2n) is 4.50. The van der Waals surface area contributed by atoms with Crippen LogP contribution in [0.1, 0.15) is 27.0 Å². The Morgan fingerprint density at radius 2 is 1.40 bits per heavy atom. The second-order valence-corrected chi connectivity index (χ2v) is 4.50. The monoisotopic (exact) mass is 272 g/mol. The van der Waals surface area contributed by atoms with Gasteiger partial charge in [-0.25, -0.2) is 4.79 Å². The van der Waals surface area contributed by atoms with Gasteiger partial charge in [-0.2, -0.15) is 0 Å². The summed E-state index contributed by atoms with van der Waals surface area (Å²) in [6.07, 6.45) is 0. The fraction of sp³-hybridized carbons (Fsp3) is 0.235. The number of carbonyl (C=O) groups excluding carboxylic acids is 1. The zero-order valence-electron chi connectivity index (χ0n) is 12.1. The molecule has 3 nitrogen and oxygen atoms in total. The summed E-state index contributed by atoms with van der Waals surface area (Å²) < 4.78 is 4.54. The van der Waals surface area contributed by atoms with Gasteiger partial charge in [0.15, 0.2) is 0 Å². The summed E-state index contributed by atoms with van der Waals surface area (Å²) in [4.78, 5) is 10.9. The number of hydrogen-bond donors (Lipinski definition) is 1. The van der Waals surface area contributed by atoms with Gasteiger partial charge in [-0.05, 0) is 31.5 Å². The van der Waals surface area contributed by atoms with Crippen LogP contribution >= 0.6 is 0 Å². The summed E-state index contributed by atoms with van der Waals surface area (Å²) in [5.74, 6) is -0.287. The summed E-state index contributed by atoms with van der Waals surface area (Å²) in [5.41, 5.74) is 3.93. The van der Waals surface area contributed by atoms with Gasteiger partial charge in [0.05, 0.1) is 19.3 Å². The topological polar surface area (TPSA) is 46.5 Å². The Kier molecular flexibility index (Phi) is 6.47. The van der Waals surface area contributed by atoms with E-state index in [2.05, 4.69) is 4.74 Å². The highest BCUT2D eigenvalue weighted by Gasteiger charge is 2.01. The average molecular weight is 272 g/mol. The summed E-state index contributed by atoms with van der Waals surface area (Å²) in [5, 5.41) is 8.63. The Bertz CT molecular complexity index is 527. The molecule has 0 fully saturated rings. The van der Waals surface area contributed by atoms with E-state index in [-0.39, 0.29) is 12.6 Å². The fourth-order valence-electron chi connectivity index (χ4n) is 1.50. The van der Waals surface area contributed by atoms with E-state index in [4.69, 9.17) is 5.11 Å². The third kappa shape index (κ3) is 5.24. The van der Waals surface area contributed by atoms with E-state index < -0.39 is 0 Å². The van der Waals surface area contributed by atoms with Gasteiger partial charge in [0.25, 0.3) is 0 Å². The first-order chi connectivity index (χ1) is 9.56. The van der Waals surface area contributed by atoms with Crippen molar-refractivity contribution in [3.63, 3.8) is 0 Å². The standard InChI is InChI=1S/C9H10O2.C8H10O/c1-7-3-5-8(6-4-7)9(10)11-2;1-7-2-4-8(6-9)5-3-7/h3-6H,1-2H3;2-5,9H,6H2,1H3. The molecule has 0 bridgehead atoms. The van der Waals surface area contributed by atoms with Crippen LogP contribution in [-0.4, -0.2) is 18.2 Å². The molecule has 106 valence electrons. The molecule has 0 saturated carbocycles. The first-order valence-corrected chi connectivity index (χ1v) is 6.38. The van der Waals surface area contributed by atoms with Crippen molar-refractivity contribution in [2.45, 2.75) is 20.5 Å². The summed E-state index contributed by atoms with van der Waals surface area (Å²) in [6.45, 7) is 4.14. The zero-order chi connectivity index (χ0) is 15.0. The van der Waals surface area contributed by atoms with Crippen LogP contribution in [0.5, 0.6) is 0 Å². The molecule has 2 rings (SSSR count). The lowest BCUT2D eigenvalue weighted by molar-refractivity contribution is 0.0600. The molecular formula is C17H20O3. The summed E-state index contributed by atoms with van der Waals surface area (Å²) in [6, 6.07) is 15.1. The van der Waals surface area contributed by atoms with Crippen LogP contribution in [-0.2, 0) is 11.3 Å². The quantitative estimate of drug-likeness (QED) is 0.853. The number of rotatable bonds is 2. The summed E-state index contributed by atoms with van der Waals surface area (Å²) in [7, 11) is 1.38. The lowest BCUT2D eigenvalue weighted by atomic mass is 10.2. The predicted octanol–water partition coefficient (Wildman–Crippen LogP) is 3.27. The minimum absolute atomic E-state index is 0.139. The van der Waals surface area contributed by atoms with Crippen LogP contribution < -0.4 is 0 Å². The number of carbonyl (C=O) groups is 1. The van der Waals surface area contributed by atoms with E-state index in [0.29, 0.717) is 5.56 Å². The number of methoxy groups -OCH3 is 1. The van der Waals surface area contributed by atoms with Crippen LogP contribution in [0.4, 0.5) is 0 Å². The molecule has 1 N–H and O–H groups in total. The Morgan fingerprint density at radius 1 is 0.950 bits per heavy atom. The molecule has 2 aromatic carbocycles. The van der Waals surface area contributed by atoms with Crippen molar-refractivity contribution in [3.05, 3.63) is 70.8 Å². The maximum Gasteiger partial charge on any atom is 0.337 e. The number of hydrogen-bond acceptors (Lipinski definition) is 3. The SMILES string of the molecule is COC(=O)c1ccc(C)cc1.Cc1ccc(CO)cc1. The largest absolute Gasteiger partial charge is 0.465 e. The molecular weight excluding hydrogens is 252 g/mol. The van der Waals surface area contributed by atoms with Crippen molar-refractivity contribution < 1.29 is 14.6 Å². The van der Waals surface area contributed by atoms with Gasteiger partial charge in [-0.15, -0.1) is 0 Å². The van der Waals surface area contributed by atoms with Gasteiger partial charge in [0, 0.05) is 0 Å². The molecule has 2 aromatic rings. The van der Waals surface area contributed by atoms with Crippen LogP contribution in [0.3, 0.4) is 0 Å². The van der Waals surface area contributed by atoms with E-state index in [9.17, 15) is 4.79 Å². The molecule has 0 aliphatic rings. The minimum Gasteiger partial charge on any atom is -0.465 e. The van der Waals surface area contributed by atoms with E-state index in [1.54, 1.807) is 12.1 Å². The molecule has 0 saturated heterocycles. The molecule has 0 atom stereocenters. The lowest BCUT2D eigenvalue weighted by Crippen LogP contribution is -2.00. The minimum atomic E-state index is -0.287. The Hall–Kier alpha value is -2.13. The van der Waals surface area contributed by atoms with Crippen LogP contribution in [0.25, 0.3) is 0 Å². The van der Waals surface area contributed by atoms with E-state index in [0.717, 1.165) is 11.1 Å². The first kappa shape index (κ1) is 15.9. The number of aliphatic hydroxyl groups excluding tert-OH is 1. The lowest BCUT2D eigenvalue weighted by Gasteiger charge is -1.97. The molecule has 0 radical (unpaired) electrons. The number of ether oxygens (including phenoxy) is 1. The fourth-order valence-corrected chi connectivity index (χ4v) is 1.50. The van der Waals surface area contributed by atoms with Gasteiger partial charge in [-0.3, -0.25) is 0 Å². The molecule has 0 unspecified atom stereocenters. The molecule has 0 aliphatic carbocycles. The Morgan fingerprint density at radius 3 is 1.80 bits per heavy atom. The smallest absolute Gasteiger partial charge is 0.337 e. The zero-order valence-corrected chi connectivity index (χ0v) is 12.1. The third-order valence-electron chi connectivity index (χ3n) is 2.78. The number of benzene rings is 2. The van der Waals surface area contributed by atoms with E-state index in [1.807, 2.05) is 50.2 Å². The van der Waals surface area contributed by atoms with Crippen molar-refractivity contribution in [3.8, 4) is 0 Å². The number of aryl methyl sites for hydroxylation is 2. The first-order valence-electron chi connectivity index (χ1n) is 6.38. The molecule has 0 aromatic heterocycles. The van der Waals surface area contributed by atoms with E-state index in [1.165, 1.54) is 12.7 Å². The Balaban J connectivity index is 0.000000204. The predicted molar refractivity (Wildman–Crippen MR) is 79.6 cm³/mol. The van der Waals surface area contributed by atoms with Crippen molar-refractivity contribution in [2.24, 2.45) is 0 Å². The van der Waals surface area contributed by atoms with Crippen LogP contribution in [0, 0.1) is 13.8 Å². The van der Waals surface area contributed by atoms with Gasteiger partial charge in [-0.1, -0.05) is 47.5 Å². The third-order valence-corrected chi connectivity index (χ3v) is 2.78. The second kappa shape index (κ2) is 8.12. The van der Waals surface area contributed by atoms with Crippen molar-refractivity contribution in [1.82, 2.24) is 0 Å². The molecule has 3 heteroatoms. The van der Waals surface area contributed by atoms with Gasteiger partial charge < -0.3 is 9.84 Å². The maximum atomic E-state index is 10.9. The van der Waals surface area contributed by atoms with Gasteiger partial charge in [0.1, 0.15) is 0 Å². The van der Waals surface area contributed by atoms with Crippen LogP contribution in [0.2, 0.25) is 0 Å². The highest BCUT2D eigenvalue weighted by Crippen LogP contribution is 2.03. The highest BCUT2D eigenvalue weighted by atomic mass is 16.5. The normalized spacial score (nSPS) is 9.40. The molecule has 0 heterocycles. The van der Waals surface area contributed by atoms with Crippen molar-refractivity contribution in [2.75, 3.05) is 7.11 Å². The molecule has 0 spiro atoms. The molecule has 0 amide bonds. The van der Waals surface area contributed by atoms with Gasteiger partial charge in [0.2, 0.25) is 0 Å². The number of aliphatic hydroxyl groups is 1. The molecule has 0 aliphatic heterocycles. The maximum absolute atomic E-state index is 10.9. The van der Waals surface area contributed by atoms with Crippen molar-refractivity contribution in [1.29, 1.82) is 0 Å².